The summed E-state index contributed by atoms with van der Waals surface area (Å²) in [6.45, 7) is 1.94. The van der Waals surface area contributed by atoms with Crippen LogP contribution in [0.25, 0.3) is 0 Å². The summed E-state index contributed by atoms with van der Waals surface area (Å²) in [4.78, 5) is 12.3. The smallest absolute Gasteiger partial charge is 0.309 e. The summed E-state index contributed by atoms with van der Waals surface area (Å²) in [5, 5.41) is 91.4. The van der Waals surface area contributed by atoms with Gasteiger partial charge in [0.1, 0.15) is 48.8 Å². The lowest BCUT2D eigenvalue weighted by atomic mass is 9.83. The van der Waals surface area contributed by atoms with Crippen molar-refractivity contribution in [2.24, 2.45) is 23.7 Å². The number of carbonyl (C=O) groups excluding carboxylic acids is 1. The molecule has 0 bridgehead atoms. The fourth-order valence-electron chi connectivity index (χ4n) is 6.04. The van der Waals surface area contributed by atoms with Gasteiger partial charge in [-0.15, -0.1) is 0 Å². The SMILES string of the molecule is CC(C)CC(=O)OC1OC=C(COC2OC(COC3OC(CO)C(O)C(O)C3O)C(O)C(O)C2O)C2CC(O)C(CO)C12. The van der Waals surface area contributed by atoms with Crippen molar-refractivity contribution in [2.75, 3.05) is 26.4 Å². The molecule has 15 unspecified atom stereocenters. The molecule has 1 saturated carbocycles. The van der Waals surface area contributed by atoms with Crippen molar-refractivity contribution >= 4 is 5.97 Å². The molecule has 3 aliphatic heterocycles. The molecule has 3 fully saturated rings. The Balaban J connectivity index is 1.39. The second-order valence-electron chi connectivity index (χ2n) is 12.0. The first-order valence-electron chi connectivity index (χ1n) is 14.4. The summed E-state index contributed by atoms with van der Waals surface area (Å²) in [6.07, 6.45) is -15.8. The minimum atomic E-state index is -1.73. The standard InChI is InChI=1S/C27H44O16/c1-10(2)3-17(31)43-25-18-12(4-14(30)13(18)5-28)11(7-38-25)8-39-26-24(37)22(35)20(33)16(42-26)9-40-27-23(36)21(34)19(32)15(6-29)41-27/h7,10,12-16,18-30,32-37H,3-6,8-9H2,1-2H3. The van der Waals surface area contributed by atoms with Crippen LogP contribution in [0, 0.1) is 23.7 Å². The normalized spacial score (nSPS) is 44.9. The average Bonchev–Trinajstić information content (AvgIpc) is 3.31. The van der Waals surface area contributed by atoms with Gasteiger partial charge in [-0.1, -0.05) is 13.8 Å². The van der Waals surface area contributed by atoms with Crippen LogP contribution in [0.2, 0.25) is 0 Å². The fraction of sp³-hybridized carbons (Fsp3) is 0.889. The summed E-state index contributed by atoms with van der Waals surface area (Å²) in [5.74, 6) is -2.06. The van der Waals surface area contributed by atoms with Crippen LogP contribution in [0.15, 0.2) is 11.8 Å². The highest BCUT2D eigenvalue weighted by molar-refractivity contribution is 5.69. The first kappa shape index (κ1) is 34.4. The number of aliphatic hydroxyl groups excluding tert-OH is 9. The average molecular weight is 625 g/mol. The summed E-state index contributed by atoms with van der Waals surface area (Å²) < 4.78 is 33.3. The van der Waals surface area contributed by atoms with Crippen molar-refractivity contribution in [3.63, 3.8) is 0 Å². The minimum Gasteiger partial charge on any atom is -0.462 e. The van der Waals surface area contributed by atoms with Gasteiger partial charge in [-0.05, 0) is 23.8 Å². The van der Waals surface area contributed by atoms with Crippen LogP contribution in [0.1, 0.15) is 26.7 Å². The van der Waals surface area contributed by atoms with Gasteiger partial charge in [0.2, 0.25) is 6.29 Å². The zero-order valence-corrected chi connectivity index (χ0v) is 23.9. The van der Waals surface area contributed by atoms with Crippen LogP contribution in [0.3, 0.4) is 0 Å². The van der Waals surface area contributed by atoms with Gasteiger partial charge in [-0.25, -0.2) is 0 Å². The summed E-state index contributed by atoms with van der Waals surface area (Å²) in [6, 6.07) is 0. The second kappa shape index (κ2) is 14.7. The van der Waals surface area contributed by atoms with Gasteiger partial charge >= 0.3 is 5.97 Å². The van der Waals surface area contributed by atoms with E-state index in [0.717, 1.165) is 0 Å². The molecular formula is C27H44O16. The molecule has 0 aromatic carbocycles. The number of carbonyl (C=O) groups is 1. The molecule has 16 heteroatoms. The number of rotatable bonds is 11. The predicted octanol–water partition coefficient (Wildman–Crippen LogP) is -3.94. The number of fused-ring (bicyclic) bond motifs is 1. The Bertz CT molecular complexity index is 946. The van der Waals surface area contributed by atoms with E-state index in [1.807, 2.05) is 13.8 Å². The molecule has 248 valence electrons. The second-order valence-corrected chi connectivity index (χ2v) is 12.0. The zero-order valence-electron chi connectivity index (χ0n) is 23.9. The third-order valence-corrected chi connectivity index (χ3v) is 8.48. The molecule has 0 aromatic heterocycles. The highest BCUT2D eigenvalue weighted by Crippen LogP contribution is 2.47. The predicted molar refractivity (Wildman–Crippen MR) is 139 cm³/mol. The van der Waals surface area contributed by atoms with Crippen molar-refractivity contribution in [1.29, 1.82) is 0 Å². The highest BCUT2D eigenvalue weighted by atomic mass is 16.7. The van der Waals surface area contributed by atoms with Crippen LogP contribution in [-0.2, 0) is 33.2 Å². The topological polar surface area (TPSA) is 255 Å². The lowest BCUT2D eigenvalue weighted by molar-refractivity contribution is -0.330. The molecule has 0 spiro atoms. The van der Waals surface area contributed by atoms with Gasteiger partial charge < -0.3 is 74.4 Å². The molecule has 4 aliphatic rings. The van der Waals surface area contributed by atoms with Crippen molar-refractivity contribution in [3.05, 3.63) is 11.8 Å². The van der Waals surface area contributed by atoms with Crippen molar-refractivity contribution in [3.8, 4) is 0 Å². The molecule has 1 aliphatic carbocycles. The van der Waals surface area contributed by atoms with Gasteiger partial charge in [0.15, 0.2) is 12.6 Å². The third-order valence-electron chi connectivity index (χ3n) is 8.48. The Kier molecular flexibility index (Phi) is 11.8. The lowest BCUT2D eigenvalue weighted by Crippen LogP contribution is -2.61. The quantitative estimate of drug-likeness (QED) is 0.0995. The molecule has 16 nitrogen and oxygen atoms in total. The minimum absolute atomic E-state index is 0.0522. The summed E-state index contributed by atoms with van der Waals surface area (Å²) >= 11 is 0. The molecule has 4 rings (SSSR count). The summed E-state index contributed by atoms with van der Waals surface area (Å²) in [7, 11) is 0. The molecule has 0 amide bonds. The van der Waals surface area contributed by atoms with Crippen molar-refractivity contribution < 1.29 is 79.2 Å². The molecule has 2 saturated heterocycles. The van der Waals surface area contributed by atoms with Gasteiger partial charge in [0.05, 0.1) is 32.2 Å². The molecule has 3 heterocycles. The molecule has 15 atom stereocenters. The Morgan fingerprint density at radius 1 is 0.837 bits per heavy atom. The van der Waals surface area contributed by atoms with E-state index in [4.69, 9.17) is 28.4 Å². The van der Waals surface area contributed by atoms with E-state index < -0.39 is 111 Å². The Morgan fingerprint density at radius 3 is 2.05 bits per heavy atom. The maximum atomic E-state index is 12.3. The van der Waals surface area contributed by atoms with Crippen molar-refractivity contribution in [1.82, 2.24) is 0 Å². The Labute approximate surface area is 248 Å². The van der Waals surface area contributed by atoms with Crippen LogP contribution in [0.5, 0.6) is 0 Å². The molecule has 0 radical (unpaired) electrons. The molecular weight excluding hydrogens is 580 g/mol. The van der Waals surface area contributed by atoms with E-state index in [-0.39, 0.29) is 32.0 Å². The molecule has 9 N–H and O–H groups in total. The van der Waals surface area contributed by atoms with Crippen LogP contribution >= 0.6 is 0 Å². The number of hydrogen-bond acceptors (Lipinski definition) is 16. The zero-order chi connectivity index (χ0) is 31.6. The number of ether oxygens (including phenoxy) is 6. The maximum Gasteiger partial charge on any atom is 0.309 e. The fourth-order valence-corrected chi connectivity index (χ4v) is 6.04. The van der Waals surface area contributed by atoms with Crippen LogP contribution in [-0.4, -0.2) is 152 Å². The Morgan fingerprint density at radius 2 is 1.44 bits per heavy atom. The van der Waals surface area contributed by atoms with Gasteiger partial charge in [0.25, 0.3) is 0 Å². The first-order valence-corrected chi connectivity index (χ1v) is 14.4. The first-order chi connectivity index (χ1) is 20.4. The van der Waals surface area contributed by atoms with E-state index in [1.165, 1.54) is 6.26 Å². The van der Waals surface area contributed by atoms with E-state index in [1.54, 1.807) is 0 Å². The molecule has 0 aromatic rings. The third kappa shape index (κ3) is 7.49. The number of hydrogen-bond donors (Lipinski definition) is 9. The van der Waals surface area contributed by atoms with Crippen molar-refractivity contribution in [2.45, 2.75) is 100 Å². The maximum absolute atomic E-state index is 12.3. The highest BCUT2D eigenvalue weighted by Gasteiger charge is 2.52. The largest absolute Gasteiger partial charge is 0.462 e. The lowest BCUT2D eigenvalue weighted by Gasteiger charge is -2.43. The monoisotopic (exact) mass is 624 g/mol. The van der Waals surface area contributed by atoms with Gasteiger partial charge in [0, 0.05) is 24.9 Å². The van der Waals surface area contributed by atoms with Crippen LogP contribution in [0.4, 0.5) is 0 Å². The molecule has 43 heavy (non-hydrogen) atoms. The van der Waals surface area contributed by atoms with E-state index in [9.17, 15) is 50.8 Å². The number of esters is 1. The number of aliphatic hydroxyl groups is 9. The van der Waals surface area contributed by atoms with Crippen LogP contribution < -0.4 is 0 Å². The van der Waals surface area contributed by atoms with Gasteiger partial charge in [-0.3, -0.25) is 4.79 Å². The van der Waals surface area contributed by atoms with E-state index in [2.05, 4.69) is 0 Å². The van der Waals surface area contributed by atoms with E-state index in [0.29, 0.717) is 5.57 Å². The summed E-state index contributed by atoms with van der Waals surface area (Å²) in [5.41, 5.74) is 0.515. The Hall–Kier alpha value is -1.51. The van der Waals surface area contributed by atoms with E-state index >= 15 is 0 Å². The van der Waals surface area contributed by atoms with Gasteiger partial charge in [-0.2, -0.15) is 0 Å².